The Labute approximate surface area is 142 Å². The number of thiocarbonyl (C=S) groups is 1. The van der Waals surface area contributed by atoms with Crippen LogP contribution in [0.25, 0.3) is 0 Å². The van der Waals surface area contributed by atoms with Crippen molar-refractivity contribution in [3.05, 3.63) is 59.7 Å². The number of anilines is 1. The maximum absolute atomic E-state index is 6.10. The molecule has 0 saturated carbocycles. The number of thioether (sulfide) groups is 1. The highest BCUT2D eigenvalue weighted by Gasteiger charge is 2.17. The van der Waals surface area contributed by atoms with E-state index in [1.54, 1.807) is 11.8 Å². The molecular weight excluding hydrogens is 308 g/mol. The van der Waals surface area contributed by atoms with Crippen LogP contribution in [0.1, 0.15) is 22.8 Å². The number of hydrogen-bond donors (Lipinski definition) is 1. The minimum atomic E-state index is 0.264. The standard InChI is InChI=1S/C18H22N2S2/c1-13-8-10-14(11-9-13)17(12-18(21)20(2)3)22-16-7-5-4-6-15(16)19/h4-11,17H,12,19H2,1-3H3/t17-/m1/s1. The average Bonchev–Trinajstić information content (AvgIpc) is 2.49. The van der Waals surface area contributed by atoms with Crippen molar-refractivity contribution in [2.45, 2.75) is 23.5 Å². The van der Waals surface area contributed by atoms with Crippen molar-refractivity contribution < 1.29 is 0 Å². The van der Waals surface area contributed by atoms with Gasteiger partial charge in [0.2, 0.25) is 0 Å². The van der Waals surface area contributed by atoms with Crippen LogP contribution in [0, 0.1) is 6.92 Å². The van der Waals surface area contributed by atoms with Crippen molar-refractivity contribution in [2.24, 2.45) is 0 Å². The molecule has 2 rings (SSSR count). The summed E-state index contributed by atoms with van der Waals surface area (Å²) < 4.78 is 0. The molecule has 0 radical (unpaired) electrons. The topological polar surface area (TPSA) is 29.3 Å². The van der Waals surface area contributed by atoms with E-state index >= 15 is 0 Å². The van der Waals surface area contributed by atoms with Gasteiger partial charge in [-0.25, -0.2) is 0 Å². The Bertz CT molecular complexity index is 636. The molecule has 0 unspecified atom stereocenters. The number of benzene rings is 2. The van der Waals surface area contributed by atoms with Gasteiger partial charge < -0.3 is 10.6 Å². The number of para-hydroxylation sites is 1. The number of rotatable bonds is 5. The molecule has 0 aliphatic heterocycles. The van der Waals surface area contributed by atoms with Gasteiger partial charge in [0, 0.05) is 36.3 Å². The molecule has 2 aromatic rings. The summed E-state index contributed by atoms with van der Waals surface area (Å²) in [6.45, 7) is 2.10. The van der Waals surface area contributed by atoms with E-state index in [1.807, 2.05) is 37.2 Å². The van der Waals surface area contributed by atoms with Crippen molar-refractivity contribution in [1.29, 1.82) is 0 Å². The molecule has 0 saturated heterocycles. The molecule has 4 heteroatoms. The molecule has 0 aromatic heterocycles. The van der Waals surface area contributed by atoms with Gasteiger partial charge >= 0.3 is 0 Å². The van der Waals surface area contributed by atoms with Gasteiger partial charge in [0.1, 0.15) is 0 Å². The maximum atomic E-state index is 6.10. The molecule has 2 nitrogen and oxygen atoms in total. The van der Waals surface area contributed by atoms with Crippen molar-refractivity contribution in [1.82, 2.24) is 4.90 Å². The van der Waals surface area contributed by atoms with Gasteiger partial charge in [-0.3, -0.25) is 0 Å². The molecule has 2 N–H and O–H groups in total. The van der Waals surface area contributed by atoms with Gasteiger partial charge in [-0.1, -0.05) is 54.2 Å². The van der Waals surface area contributed by atoms with Crippen LogP contribution in [0.15, 0.2) is 53.4 Å². The third-order valence-electron chi connectivity index (χ3n) is 3.50. The maximum Gasteiger partial charge on any atom is 0.0788 e. The van der Waals surface area contributed by atoms with Gasteiger partial charge in [0.05, 0.1) is 4.99 Å². The van der Waals surface area contributed by atoms with Crippen LogP contribution in [0.3, 0.4) is 0 Å². The minimum absolute atomic E-state index is 0.264. The average molecular weight is 331 g/mol. The Kier molecular flexibility index (Phi) is 5.86. The van der Waals surface area contributed by atoms with E-state index in [0.29, 0.717) is 0 Å². The van der Waals surface area contributed by atoms with E-state index in [2.05, 4.69) is 37.3 Å². The fraction of sp³-hybridized carbons (Fsp3) is 0.278. The Morgan fingerprint density at radius 2 is 1.77 bits per heavy atom. The van der Waals surface area contributed by atoms with Gasteiger partial charge in [0.15, 0.2) is 0 Å². The fourth-order valence-corrected chi connectivity index (χ4v) is 3.57. The molecule has 116 valence electrons. The van der Waals surface area contributed by atoms with E-state index in [4.69, 9.17) is 18.0 Å². The van der Waals surface area contributed by atoms with Gasteiger partial charge in [0.25, 0.3) is 0 Å². The highest BCUT2D eigenvalue weighted by atomic mass is 32.2. The first-order valence-corrected chi connectivity index (χ1v) is 8.54. The van der Waals surface area contributed by atoms with Crippen LogP contribution in [-0.4, -0.2) is 24.0 Å². The van der Waals surface area contributed by atoms with E-state index in [-0.39, 0.29) is 5.25 Å². The summed E-state index contributed by atoms with van der Waals surface area (Å²) in [6, 6.07) is 16.7. The Morgan fingerprint density at radius 1 is 1.14 bits per heavy atom. The quantitative estimate of drug-likeness (QED) is 0.489. The van der Waals surface area contributed by atoms with Crippen LogP contribution >= 0.6 is 24.0 Å². The summed E-state index contributed by atoms with van der Waals surface area (Å²) in [5.74, 6) is 0. The van der Waals surface area contributed by atoms with E-state index < -0.39 is 0 Å². The van der Waals surface area contributed by atoms with Crippen molar-refractivity contribution in [3.63, 3.8) is 0 Å². The summed E-state index contributed by atoms with van der Waals surface area (Å²) in [5.41, 5.74) is 9.46. The fourth-order valence-electron chi connectivity index (χ4n) is 2.09. The molecule has 0 fully saturated rings. The van der Waals surface area contributed by atoms with Crippen LogP contribution in [-0.2, 0) is 0 Å². The zero-order valence-electron chi connectivity index (χ0n) is 13.2. The summed E-state index contributed by atoms with van der Waals surface area (Å²) >= 11 is 7.29. The highest BCUT2D eigenvalue weighted by molar-refractivity contribution is 7.99. The summed E-state index contributed by atoms with van der Waals surface area (Å²) in [4.78, 5) is 4.06. The minimum Gasteiger partial charge on any atom is -0.398 e. The molecule has 0 heterocycles. The second-order valence-electron chi connectivity index (χ2n) is 5.55. The first kappa shape index (κ1) is 16.8. The largest absolute Gasteiger partial charge is 0.398 e. The Balaban J connectivity index is 2.27. The predicted molar refractivity (Wildman–Crippen MR) is 102 cm³/mol. The number of nitrogens with two attached hydrogens (primary N) is 1. The first-order chi connectivity index (χ1) is 10.5. The van der Waals surface area contributed by atoms with Crippen LogP contribution in [0.4, 0.5) is 5.69 Å². The number of aryl methyl sites for hydroxylation is 1. The predicted octanol–water partition coefficient (Wildman–Crippen LogP) is 4.69. The van der Waals surface area contributed by atoms with Gasteiger partial charge in [-0.05, 0) is 24.6 Å². The SMILES string of the molecule is Cc1ccc([C@@H](CC(=S)N(C)C)Sc2ccccc2N)cc1. The van der Waals surface area contributed by atoms with Crippen LogP contribution < -0.4 is 5.73 Å². The Morgan fingerprint density at radius 3 is 2.36 bits per heavy atom. The van der Waals surface area contributed by atoms with Crippen LogP contribution in [0.5, 0.6) is 0 Å². The lowest BCUT2D eigenvalue weighted by Gasteiger charge is -2.22. The molecule has 2 aromatic carbocycles. The molecule has 0 spiro atoms. The lowest BCUT2D eigenvalue weighted by molar-refractivity contribution is 0.615. The molecule has 0 bridgehead atoms. The third kappa shape index (κ3) is 4.49. The molecule has 1 atom stereocenters. The van der Waals surface area contributed by atoms with Crippen LogP contribution in [0.2, 0.25) is 0 Å². The third-order valence-corrected chi connectivity index (χ3v) is 5.38. The first-order valence-electron chi connectivity index (χ1n) is 7.25. The van der Waals surface area contributed by atoms with Gasteiger partial charge in [-0.2, -0.15) is 0 Å². The van der Waals surface area contributed by atoms with Gasteiger partial charge in [-0.15, -0.1) is 11.8 Å². The molecule has 0 aliphatic rings. The van der Waals surface area contributed by atoms with E-state index in [1.165, 1.54) is 11.1 Å². The lowest BCUT2D eigenvalue weighted by Crippen LogP contribution is -2.21. The second-order valence-corrected chi connectivity index (χ2v) is 7.26. The molecule has 0 aliphatic carbocycles. The zero-order chi connectivity index (χ0) is 16.1. The summed E-state index contributed by atoms with van der Waals surface area (Å²) in [7, 11) is 3.99. The number of hydrogen-bond acceptors (Lipinski definition) is 3. The number of nitrogen functional groups attached to an aromatic ring is 1. The highest BCUT2D eigenvalue weighted by Crippen LogP contribution is 2.40. The van der Waals surface area contributed by atoms with Crippen molar-refractivity contribution in [2.75, 3.05) is 19.8 Å². The zero-order valence-corrected chi connectivity index (χ0v) is 14.9. The normalized spacial score (nSPS) is 12.0. The lowest BCUT2D eigenvalue weighted by atomic mass is 10.1. The summed E-state index contributed by atoms with van der Waals surface area (Å²) in [5, 5.41) is 0.264. The summed E-state index contributed by atoms with van der Waals surface area (Å²) in [6.07, 6.45) is 0.824. The monoisotopic (exact) mass is 330 g/mol. The molecule has 22 heavy (non-hydrogen) atoms. The van der Waals surface area contributed by atoms with Crippen molar-refractivity contribution in [3.8, 4) is 0 Å². The van der Waals surface area contributed by atoms with E-state index in [0.717, 1.165) is 22.0 Å². The smallest absolute Gasteiger partial charge is 0.0788 e. The molecular formula is C18H22N2S2. The van der Waals surface area contributed by atoms with Crippen molar-refractivity contribution >= 4 is 34.7 Å². The molecule has 0 amide bonds. The second kappa shape index (κ2) is 7.65. The van der Waals surface area contributed by atoms with E-state index in [9.17, 15) is 0 Å². The Hall–Kier alpha value is -1.52. The number of nitrogens with zero attached hydrogens (tertiary/aromatic N) is 1.